The first-order valence-electron chi connectivity index (χ1n) is 3.29. The van der Waals surface area contributed by atoms with E-state index < -0.39 is 0 Å². The van der Waals surface area contributed by atoms with Crippen LogP contribution in [-0.4, -0.2) is 28.5 Å². The Bertz CT molecular complexity index is 148. The van der Waals surface area contributed by atoms with Crippen molar-refractivity contribution in [3.8, 4) is 0 Å². The summed E-state index contributed by atoms with van der Waals surface area (Å²) in [7, 11) is 0. The second-order valence-corrected chi connectivity index (χ2v) is 3.76. The topological polar surface area (TPSA) is 20.3 Å². The smallest absolute Gasteiger partial charge is 0.226 e. The highest BCUT2D eigenvalue weighted by Crippen LogP contribution is 2.33. The first-order valence-corrected chi connectivity index (χ1v) is 4.34. The van der Waals surface area contributed by atoms with E-state index in [4.69, 9.17) is 0 Å². The average Bonchev–Trinajstić information content (AvgIpc) is 1.86. The molecule has 0 aromatic rings. The predicted molar refractivity (Wildman–Crippen MR) is 37.2 cm³/mol. The quantitative estimate of drug-likeness (QED) is 0.465. The van der Waals surface area contributed by atoms with E-state index in [1.54, 1.807) is 0 Å². The van der Waals surface area contributed by atoms with Crippen LogP contribution in [0.25, 0.3) is 0 Å². The van der Waals surface area contributed by atoms with Crippen molar-refractivity contribution in [2.24, 2.45) is 0 Å². The highest BCUT2D eigenvalue weighted by molar-refractivity contribution is 8.00. The van der Waals surface area contributed by atoms with Crippen LogP contribution in [0.5, 0.6) is 0 Å². The molecule has 1 atom stereocenters. The molecular formula is C6H9NOS. The maximum Gasteiger partial charge on any atom is 0.226 e. The second-order valence-electron chi connectivity index (χ2n) is 2.47. The lowest BCUT2D eigenvalue weighted by molar-refractivity contribution is -0.141. The molecule has 0 aromatic carbocycles. The van der Waals surface area contributed by atoms with E-state index in [-0.39, 0.29) is 0 Å². The predicted octanol–water partition coefficient (Wildman–Crippen LogP) is 0.682. The van der Waals surface area contributed by atoms with Gasteiger partial charge >= 0.3 is 0 Å². The van der Waals surface area contributed by atoms with Crippen LogP contribution in [0.15, 0.2) is 0 Å². The van der Waals surface area contributed by atoms with Crippen molar-refractivity contribution in [3.63, 3.8) is 0 Å². The summed E-state index contributed by atoms with van der Waals surface area (Å²) >= 11 is 1.92. The van der Waals surface area contributed by atoms with Crippen molar-refractivity contribution in [3.05, 3.63) is 0 Å². The molecule has 9 heavy (non-hydrogen) atoms. The van der Waals surface area contributed by atoms with Crippen molar-refractivity contribution in [2.45, 2.75) is 18.2 Å². The molecule has 2 saturated heterocycles. The van der Waals surface area contributed by atoms with Crippen molar-refractivity contribution >= 4 is 17.7 Å². The molecule has 2 heterocycles. The molecule has 0 saturated carbocycles. The molecule has 2 rings (SSSR count). The Hall–Kier alpha value is -0.180. The van der Waals surface area contributed by atoms with Crippen LogP contribution in [0.3, 0.4) is 0 Å². The van der Waals surface area contributed by atoms with Gasteiger partial charge in [-0.05, 0) is 12.2 Å². The molecule has 1 amide bonds. The zero-order valence-electron chi connectivity index (χ0n) is 5.17. The molecule has 0 spiro atoms. The Labute approximate surface area is 58.6 Å². The van der Waals surface area contributed by atoms with Gasteiger partial charge in [-0.15, -0.1) is 11.8 Å². The van der Waals surface area contributed by atoms with Crippen LogP contribution in [-0.2, 0) is 4.79 Å². The van der Waals surface area contributed by atoms with Crippen LogP contribution in [0.1, 0.15) is 12.8 Å². The van der Waals surface area contributed by atoms with Gasteiger partial charge < -0.3 is 4.90 Å². The van der Waals surface area contributed by atoms with Crippen molar-refractivity contribution < 1.29 is 4.79 Å². The third-order valence-corrected chi connectivity index (χ3v) is 3.20. The number of hydrogen-bond donors (Lipinski definition) is 0. The number of thioether (sulfide) groups is 1. The van der Waals surface area contributed by atoms with Crippen molar-refractivity contribution in [1.29, 1.82) is 0 Å². The molecule has 0 bridgehead atoms. The Balaban J connectivity index is 2.01. The summed E-state index contributed by atoms with van der Waals surface area (Å²) in [6, 6.07) is 0. The van der Waals surface area contributed by atoms with Gasteiger partial charge in [0.25, 0.3) is 0 Å². The minimum atomic E-state index is 0.354. The fourth-order valence-electron chi connectivity index (χ4n) is 1.30. The lowest BCUT2D eigenvalue weighted by atomic mass is 10.2. The molecule has 2 fully saturated rings. The summed E-state index contributed by atoms with van der Waals surface area (Å²) in [6.45, 7) is 1.01. The van der Waals surface area contributed by atoms with Gasteiger partial charge in [-0.3, -0.25) is 4.79 Å². The van der Waals surface area contributed by atoms with Crippen molar-refractivity contribution in [1.82, 2.24) is 4.90 Å². The summed E-state index contributed by atoms with van der Waals surface area (Å²) in [4.78, 5) is 12.8. The molecule has 0 radical (unpaired) electrons. The zero-order valence-corrected chi connectivity index (χ0v) is 5.99. The number of fused-ring (bicyclic) bond motifs is 1. The van der Waals surface area contributed by atoms with Gasteiger partial charge in [-0.1, -0.05) is 0 Å². The molecular weight excluding hydrogens is 134 g/mol. The summed E-state index contributed by atoms with van der Waals surface area (Å²) < 4.78 is 0. The minimum Gasteiger partial charge on any atom is -0.330 e. The monoisotopic (exact) mass is 143 g/mol. The Morgan fingerprint density at radius 1 is 1.67 bits per heavy atom. The molecule has 0 aromatic heterocycles. The highest BCUT2D eigenvalue weighted by atomic mass is 32.2. The molecule has 0 aliphatic carbocycles. The first kappa shape index (κ1) is 5.59. The lowest BCUT2D eigenvalue weighted by Crippen LogP contribution is -2.53. The number of nitrogens with zero attached hydrogens (tertiary/aromatic N) is 1. The van der Waals surface area contributed by atoms with Crippen LogP contribution < -0.4 is 0 Å². The summed E-state index contributed by atoms with van der Waals surface area (Å²) in [5, 5.41) is 0.561. The summed E-state index contributed by atoms with van der Waals surface area (Å²) in [5.41, 5.74) is 0. The van der Waals surface area contributed by atoms with Crippen LogP contribution >= 0.6 is 11.8 Å². The zero-order chi connectivity index (χ0) is 6.27. The lowest BCUT2D eigenvalue weighted by Gasteiger charge is -2.43. The Morgan fingerprint density at radius 2 is 2.56 bits per heavy atom. The van der Waals surface area contributed by atoms with Gasteiger partial charge in [0.05, 0.1) is 11.8 Å². The largest absolute Gasteiger partial charge is 0.330 e. The number of carbonyl (C=O) groups excluding carboxylic acids is 1. The van der Waals surface area contributed by atoms with E-state index in [9.17, 15) is 4.79 Å². The third kappa shape index (κ3) is 0.748. The van der Waals surface area contributed by atoms with Gasteiger partial charge in [0.1, 0.15) is 0 Å². The number of carbonyl (C=O) groups is 1. The summed E-state index contributed by atoms with van der Waals surface area (Å²) in [6.07, 6.45) is 1.98. The van der Waals surface area contributed by atoms with Gasteiger partial charge in [0, 0.05) is 6.54 Å². The van der Waals surface area contributed by atoms with Gasteiger partial charge in [0.2, 0.25) is 5.91 Å². The molecule has 50 valence electrons. The average molecular weight is 143 g/mol. The van der Waals surface area contributed by atoms with E-state index >= 15 is 0 Å². The van der Waals surface area contributed by atoms with Gasteiger partial charge in [-0.2, -0.15) is 0 Å². The number of β-lactam (4-membered cyclic amide) rings is 1. The molecule has 3 heteroatoms. The van der Waals surface area contributed by atoms with Crippen LogP contribution in [0, 0.1) is 0 Å². The number of hydrogen-bond acceptors (Lipinski definition) is 2. The van der Waals surface area contributed by atoms with Gasteiger partial charge in [-0.25, -0.2) is 0 Å². The summed E-state index contributed by atoms with van der Waals surface area (Å²) in [5.74, 6) is 1.60. The van der Waals surface area contributed by atoms with E-state index in [1.807, 2.05) is 16.7 Å². The highest BCUT2D eigenvalue weighted by Gasteiger charge is 2.37. The van der Waals surface area contributed by atoms with Crippen LogP contribution in [0.2, 0.25) is 0 Å². The SMILES string of the molecule is O=C1CC2SCCCN12. The Morgan fingerprint density at radius 3 is 3.11 bits per heavy atom. The second kappa shape index (κ2) is 1.90. The first-order chi connectivity index (χ1) is 4.38. The molecule has 2 aliphatic heterocycles. The molecule has 2 aliphatic rings. The molecule has 0 N–H and O–H groups in total. The van der Waals surface area contributed by atoms with E-state index in [0.717, 1.165) is 13.0 Å². The van der Waals surface area contributed by atoms with E-state index in [2.05, 4.69) is 0 Å². The van der Waals surface area contributed by atoms with E-state index in [1.165, 1.54) is 12.2 Å². The third-order valence-electron chi connectivity index (χ3n) is 1.87. The standard InChI is InChI=1S/C6H9NOS/c8-5-4-6-7(5)2-1-3-9-6/h6H,1-4H2. The maximum atomic E-state index is 10.8. The van der Waals surface area contributed by atoms with Crippen LogP contribution in [0.4, 0.5) is 0 Å². The minimum absolute atomic E-state index is 0.354. The number of rotatable bonds is 0. The molecule has 1 unspecified atom stereocenters. The number of amides is 1. The maximum absolute atomic E-state index is 10.8. The fourth-order valence-corrected chi connectivity index (χ4v) is 2.53. The Kier molecular flexibility index (Phi) is 1.18. The molecule has 2 nitrogen and oxygen atoms in total. The van der Waals surface area contributed by atoms with E-state index in [0.29, 0.717) is 11.3 Å². The normalized spacial score (nSPS) is 33.6. The fraction of sp³-hybridized carbons (Fsp3) is 0.833. The van der Waals surface area contributed by atoms with Crippen molar-refractivity contribution in [2.75, 3.05) is 12.3 Å². The van der Waals surface area contributed by atoms with Gasteiger partial charge in [0.15, 0.2) is 0 Å².